The zero-order valence-corrected chi connectivity index (χ0v) is 18.3. The van der Waals surface area contributed by atoms with Gasteiger partial charge < -0.3 is 20.3 Å². The number of nitrogens with zero attached hydrogens (tertiary/aromatic N) is 2. The van der Waals surface area contributed by atoms with E-state index >= 15 is 0 Å². The molecular formula is C19H31FN4O4S. The molecule has 29 heavy (non-hydrogen) atoms. The Kier molecular flexibility index (Phi) is 8.23. The summed E-state index contributed by atoms with van der Waals surface area (Å²) < 4.78 is 44.8. The Morgan fingerprint density at radius 2 is 1.97 bits per heavy atom. The number of morpholine rings is 1. The highest BCUT2D eigenvalue weighted by Gasteiger charge is 2.24. The van der Waals surface area contributed by atoms with Gasteiger partial charge in [-0.3, -0.25) is 0 Å². The summed E-state index contributed by atoms with van der Waals surface area (Å²) in [5.74, 6) is -0.364. The second kappa shape index (κ2) is 10.2. The molecular weight excluding hydrogens is 399 g/mol. The van der Waals surface area contributed by atoms with Crippen LogP contribution in [0.5, 0.6) is 0 Å². The molecule has 2 atom stereocenters. The minimum absolute atomic E-state index is 0.0214. The number of anilines is 2. The molecule has 1 aromatic rings. The third kappa shape index (κ3) is 6.83. The molecule has 1 fully saturated rings. The standard InChI is InChI=1S/C19H31FN4O4S/c1-5-29(26,27)23(4)10-6-9-21-19(25)22-16-7-8-18(17(20)11-16)24-12-14(2)28-15(3)13-24/h7-8,11,14-15H,5-6,9-10,12-13H2,1-4H3,(H2,21,22,25)/t14-,15-/m1/s1. The number of carbonyl (C=O) groups is 1. The van der Waals surface area contributed by atoms with Crippen LogP contribution in [0.15, 0.2) is 18.2 Å². The highest BCUT2D eigenvalue weighted by atomic mass is 32.2. The van der Waals surface area contributed by atoms with E-state index in [-0.39, 0.29) is 18.0 Å². The molecule has 0 saturated carbocycles. The number of halogens is 1. The number of hydrogen-bond donors (Lipinski definition) is 2. The van der Waals surface area contributed by atoms with Crippen molar-refractivity contribution in [3.63, 3.8) is 0 Å². The fourth-order valence-corrected chi connectivity index (χ4v) is 4.10. The van der Waals surface area contributed by atoms with Crippen molar-refractivity contribution in [3.8, 4) is 0 Å². The summed E-state index contributed by atoms with van der Waals surface area (Å²) in [7, 11) is -1.71. The largest absolute Gasteiger partial charge is 0.372 e. The number of sulfonamides is 1. The topological polar surface area (TPSA) is 91.0 Å². The quantitative estimate of drug-likeness (QED) is 0.617. The van der Waals surface area contributed by atoms with Crippen LogP contribution in [-0.2, 0) is 14.8 Å². The summed E-state index contributed by atoms with van der Waals surface area (Å²) in [6, 6.07) is 4.14. The first kappa shape index (κ1) is 23.4. The Balaban J connectivity index is 1.83. The molecule has 0 unspecified atom stereocenters. The van der Waals surface area contributed by atoms with E-state index in [1.54, 1.807) is 19.1 Å². The number of benzene rings is 1. The highest BCUT2D eigenvalue weighted by molar-refractivity contribution is 7.89. The lowest BCUT2D eigenvalue weighted by Crippen LogP contribution is -2.45. The lowest BCUT2D eigenvalue weighted by Gasteiger charge is -2.37. The Bertz CT molecular complexity index is 795. The maximum Gasteiger partial charge on any atom is 0.319 e. The van der Waals surface area contributed by atoms with Crippen molar-refractivity contribution in [2.45, 2.75) is 39.4 Å². The summed E-state index contributed by atoms with van der Waals surface area (Å²) in [5.41, 5.74) is 0.835. The summed E-state index contributed by atoms with van der Waals surface area (Å²) in [4.78, 5) is 13.9. The molecule has 2 rings (SSSR count). The van der Waals surface area contributed by atoms with Gasteiger partial charge in [0, 0.05) is 38.9 Å². The zero-order valence-electron chi connectivity index (χ0n) is 17.4. The molecule has 1 aliphatic rings. The predicted molar refractivity (Wildman–Crippen MR) is 112 cm³/mol. The van der Waals surface area contributed by atoms with Gasteiger partial charge in [-0.15, -0.1) is 0 Å². The molecule has 0 aliphatic carbocycles. The molecule has 10 heteroatoms. The molecule has 1 heterocycles. The van der Waals surface area contributed by atoms with E-state index in [0.29, 0.717) is 44.0 Å². The Hall–Kier alpha value is -1.91. The highest BCUT2D eigenvalue weighted by Crippen LogP contribution is 2.26. The van der Waals surface area contributed by atoms with Crippen molar-refractivity contribution in [1.29, 1.82) is 0 Å². The van der Waals surface area contributed by atoms with Crippen LogP contribution in [0.3, 0.4) is 0 Å². The molecule has 2 amide bonds. The van der Waals surface area contributed by atoms with Crippen LogP contribution in [0.4, 0.5) is 20.6 Å². The molecule has 1 aromatic carbocycles. The van der Waals surface area contributed by atoms with Crippen LogP contribution in [0.1, 0.15) is 27.2 Å². The fourth-order valence-electron chi connectivity index (χ4n) is 3.25. The molecule has 164 valence electrons. The minimum Gasteiger partial charge on any atom is -0.372 e. The van der Waals surface area contributed by atoms with Gasteiger partial charge in [-0.2, -0.15) is 0 Å². The SMILES string of the molecule is CCS(=O)(=O)N(C)CCCNC(=O)Nc1ccc(N2C[C@@H](C)O[C@H](C)C2)c(F)c1. The van der Waals surface area contributed by atoms with Crippen molar-refractivity contribution in [1.82, 2.24) is 9.62 Å². The van der Waals surface area contributed by atoms with Crippen LogP contribution in [0, 0.1) is 5.82 Å². The Morgan fingerprint density at radius 1 is 1.31 bits per heavy atom. The number of carbonyl (C=O) groups excluding carboxylic acids is 1. The van der Waals surface area contributed by atoms with Crippen LogP contribution >= 0.6 is 0 Å². The molecule has 1 saturated heterocycles. The average molecular weight is 431 g/mol. The van der Waals surface area contributed by atoms with Crippen molar-refractivity contribution >= 4 is 27.4 Å². The molecule has 2 N–H and O–H groups in total. The van der Waals surface area contributed by atoms with E-state index in [1.165, 1.54) is 17.4 Å². The minimum atomic E-state index is -3.22. The maximum absolute atomic E-state index is 14.6. The van der Waals surface area contributed by atoms with Crippen molar-refractivity contribution in [3.05, 3.63) is 24.0 Å². The molecule has 8 nitrogen and oxygen atoms in total. The normalized spacial score (nSPS) is 20.0. The number of ether oxygens (including phenoxy) is 1. The second-order valence-electron chi connectivity index (χ2n) is 7.29. The predicted octanol–water partition coefficient (Wildman–Crippen LogP) is 2.23. The van der Waals surface area contributed by atoms with Crippen LogP contribution in [-0.4, -0.2) is 69.9 Å². The monoisotopic (exact) mass is 430 g/mol. The van der Waals surface area contributed by atoms with E-state index in [4.69, 9.17) is 4.74 Å². The van der Waals surface area contributed by atoms with E-state index in [9.17, 15) is 17.6 Å². The van der Waals surface area contributed by atoms with Crippen LogP contribution in [0.2, 0.25) is 0 Å². The Labute approximate surface area is 172 Å². The van der Waals surface area contributed by atoms with E-state index in [1.807, 2.05) is 18.7 Å². The van der Waals surface area contributed by atoms with Crippen molar-refractivity contribution < 1.29 is 22.3 Å². The molecule has 0 bridgehead atoms. The van der Waals surface area contributed by atoms with Gasteiger partial charge in [0.25, 0.3) is 0 Å². The average Bonchev–Trinajstić information content (AvgIpc) is 2.64. The summed E-state index contributed by atoms with van der Waals surface area (Å²) in [5, 5.41) is 5.24. The van der Waals surface area contributed by atoms with Crippen LogP contribution < -0.4 is 15.5 Å². The number of amides is 2. The molecule has 0 radical (unpaired) electrons. The smallest absolute Gasteiger partial charge is 0.319 e. The first-order chi connectivity index (χ1) is 13.6. The molecule has 0 spiro atoms. The van der Waals surface area contributed by atoms with Gasteiger partial charge in [-0.05, 0) is 45.4 Å². The summed E-state index contributed by atoms with van der Waals surface area (Å²) >= 11 is 0. The van der Waals surface area contributed by atoms with Crippen molar-refractivity contribution in [2.24, 2.45) is 0 Å². The third-order valence-corrected chi connectivity index (χ3v) is 6.60. The van der Waals surface area contributed by atoms with Gasteiger partial charge in [0.05, 0.1) is 23.6 Å². The first-order valence-electron chi connectivity index (χ1n) is 9.81. The fraction of sp³-hybridized carbons (Fsp3) is 0.632. The van der Waals surface area contributed by atoms with Gasteiger partial charge in [0.2, 0.25) is 10.0 Å². The summed E-state index contributed by atoms with van der Waals surface area (Å²) in [6.07, 6.45) is 0.519. The number of rotatable bonds is 8. The number of hydrogen-bond acceptors (Lipinski definition) is 5. The molecule has 1 aliphatic heterocycles. The summed E-state index contributed by atoms with van der Waals surface area (Å²) in [6.45, 7) is 7.33. The van der Waals surface area contributed by atoms with E-state index < -0.39 is 21.9 Å². The maximum atomic E-state index is 14.6. The lowest BCUT2D eigenvalue weighted by atomic mass is 10.2. The number of urea groups is 1. The van der Waals surface area contributed by atoms with Gasteiger partial charge in [-0.1, -0.05) is 0 Å². The third-order valence-electron chi connectivity index (χ3n) is 4.74. The van der Waals surface area contributed by atoms with Gasteiger partial charge in [0.15, 0.2) is 0 Å². The second-order valence-corrected chi connectivity index (χ2v) is 9.65. The van der Waals surface area contributed by atoms with Gasteiger partial charge in [-0.25, -0.2) is 21.9 Å². The molecule has 0 aromatic heterocycles. The Morgan fingerprint density at radius 3 is 2.55 bits per heavy atom. The van der Waals surface area contributed by atoms with Gasteiger partial charge in [0.1, 0.15) is 5.82 Å². The van der Waals surface area contributed by atoms with Crippen LogP contribution in [0.25, 0.3) is 0 Å². The van der Waals surface area contributed by atoms with Crippen molar-refractivity contribution in [2.75, 3.05) is 49.2 Å². The van der Waals surface area contributed by atoms with Gasteiger partial charge >= 0.3 is 6.03 Å². The van der Waals surface area contributed by atoms with E-state index in [0.717, 1.165) is 0 Å². The zero-order chi connectivity index (χ0) is 21.6. The first-order valence-corrected chi connectivity index (χ1v) is 11.4. The van der Waals surface area contributed by atoms with E-state index in [2.05, 4.69) is 10.6 Å². The lowest BCUT2D eigenvalue weighted by molar-refractivity contribution is -0.00539. The number of nitrogens with one attached hydrogen (secondary N) is 2.